The molecule has 6 nitrogen and oxygen atoms in total. The van der Waals surface area contributed by atoms with Gasteiger partial charge < -0.3 is 20.7 Å². The Morgan fingerprint density at radius 2 is 1.74 bits per heavy atom. The van der Waals surface area contributed by atoms with Gasteiger partial charge in [0, 0.05) is 43.3 Å². The molecule has 0 saturated heterocycles. The van der Waals surface area contributed by atoms with Crippen LogP contribution in [0.2, 0.25) is 0 Å². The zero-order valence-corrected chi connectivity index (χ0v) is 17.3. The molecule has 0 aromatic heterocycles. The molecule has 0 spiro atoms. The summed E-state index contributed by atoms with van der Waals surface area (Å²) in [5, 5.41) is 9.10. The van der Waals surface area contributed by atoms with Crippen molar-refractivity contribution >= 4 is 51.8 Å². The van der Waals surface area contributed by atoms with Crippen molar-refractivity contribution in [2.45, 2.75) is 6.92 Å². The molecule has 1 rings (SSSR count). The van der Waals surface area contributed by atoms with E-state index in [-0.39, 0.29) is 29.9 Å². The van der Waals surface area contributed by atoms with Crippen LogP contribution >= 0.6 is 39.9 Å². The van der Waals surface area contributed by atoms with Crippen molar-refractivity contribution in [1.29, 1.82) is 0 Å². The molecular formula is C15H24BrIN4O2. The zero-order valence-electron chi connectivity index (χ0n) is 13.4. The molecule has 3 N–H and O–H groups in total. The Hall–Kier alpha value is -0.870. The quantitative estimate of drug-likeness (QED) is 0.222. The second-order valence-corrected chi connectivity index (χ2v) is 5.30. The average molecular weight is 499 g/mol. The van der Waals surface area contributed by atoms with Crippen molar-refractivity contribution in [3.05, 3.63) is 34.3 Å². The number of carbonyl (C=O) groups is 1. The smallest absolute Gasteiger partial charge is 0.251 e. The van der Waals surface area contributed by atoms with Gasteiger partial charge in [-0.2, -0.15) is 0 Å². The highest BCUT2D eigenvalue weighted by atomic mass is 127. The third kappa shape index (κ3) is 9.77. The Morgan fingerprint density at radius 1 is 1.13 bits per heavy atom. The van der Waals surface area contributed by atoms with E-state index in [2.05, 4.69) is 36.9 Å². The lowest BCUT2D eigenvalue weighted by Gasteiger charge is -2.12. The number of benzene rings is 1. The number of amides is 1. The Bertz CT molecular complexity index is 483. The van der Waals surface area contributed by atoms with Crippen LogP contribution in [0.4, 0.5) is 0 Å². The molecule has 8 heteroatoms. The van der Waals surface area contributed by atoms with Gasteiger partial charge in [0.1, 0.15) is 0 Å². The molecule has 0 bridgehead atoms. The lowest BCUT2D eigenvalue weighted by Crippen LogP contribution is -2.42. The fraction of sp³-hybridized carbons (Fsp3) is 0.467. The summed E-state index contributed by atoms with van der Waals surface area (Å²) in [5.74, 6) is 0.603. The first kappa shape index (κ1) is 22.1. The highest BCUT2D eigenvalue weighted by molar-refractivity contribution is 14.0. The second kappa shape index (κ2) is 13.6. The Morgan fingerprint density at radius 3 is 2.35 bits per heavy atom. The molecule has 0 aliphatic rings. The van der Waals surface area contributed by atoms with Gasteiger partial charge >= 0.3 is 0 Å². The summed E-state index contributed by atoms with van der Waals surface area (Å²) in [7, 11) is 1.70. The number of guanidine groups is 1. The highest BCUT2D eigenvalue weighted by Gasteiger charge is 2.04. The van der Waals surface area contributed by atoms with Gasteiger partial charge in [0.15, 0.2) is 5.96 Å². The molecule has 0 heterocycles. The molecule has 0 saturated carbocycles. The van der Waals surface area contributed by atoms with Crippen molar-refractivity contribution in [1.82, 2.24) is 16.0 Å². The summed E-state index contributed by atoms with van der Waals surface area (Å²) in [6.07, 6.45) is 0. The fourth-order valence-electron chi connectivity index (χ4n) is 1.67. The number of aliphatic imine (C=N–C) groups is 1. The standard InChI is InChI=1S/C15H23BrN4O2.HI/c1-3-22-11-10-20-15(17-2)19-9-8-18-14(21)12-4-6-13(16)7-5-12;/h4-7H,3,8-11H2,1-2H3,(H,18,21)(H2,17,19,20);1H. The molecule has 23 heavy (non-hydrogen) atoms. The van der Waals surface area contributed by atoms with E-state index in [1.807, 2.05) is 19.1 Å². The van der Waals surface area contributed by atoms with Gasteiger partial charge in [-0.15, -0.1) is 24.0 Å². The lowest BCUT2D eigenvalue weighted by atomic mass is 10.2. The maximum absolute atomic E-state index is 11.9. The summed E-state index contributed by atoms with van der Waals surface area (Å²) >= 11 is 3.34. The normalized spacial score (nSPS) is 10.7. The average Bonchev–Trinajstić information content (AvgIpc) is 2.53. The van der Waals surface area contributed by atoms with Crippen molar-refractivity contribution in [3.63, 3.8) is 0 Å². The van der Waals surface area contributed by atoms with Gasteiger partial charge in [-0.1, -0.05) is 15.9 Å². The Balaban J connectivity index is 0.00000484. The minimum absolute atomic E-state index is 0. The third-order valence-electron chi connectivity index (χ3n) is 2.78. The lowest BCUT2D eigenvalue weighted by molar-refractivity contribution is 0.0954. The monoisotopic (exact) mass is 498 g/mol. The molecule has 0 fully saturated rings. The third-order valence-corrected chi connectivity index (χ3v) is 3.30. The minimum atomic E-state index is -0.0893. The van der Waals surface area contributed by atoms with E-state index in [0.717, 1.165) is 4.47 Å². The first-order valence-corrected chi connectivity index (χ1v) is 8.02. The van der Waals surface area contributed by atoms with Gasteiger partial charge in [0.05, 0.1) is 6.61 Å². The van der Waals surface area contributed by atoms with Crippen LogP contribution < -0.4 is 16.0 Å². The van der Waals surface area contributed by atoms with Crippen LogP contribution in [0.15, 0.2) is 33.7 Å². The molecule has 0 unspecified atom stereocenters. The molecule has 0 radical (unpaired) electrons. The highest BCUT2D eigenvalue weighted by Crippen LogP contribution is 2.10. The van der Waals surface area contributed by atoms with Crippen molar-refractivity contribution in [3.8, 4) is 0 Å². The van der Waals surface area contributed by atoms with Crippen LogP contribution in [-0.4, -0.2) is 51.8 Å². The van der Waals surface area contributed by atoms with Crippen LogP contribution in [0.25, 0.3) is 0 Å². The summed E-state index contributed by atoms with van der Waals surface area (Å²) in [6, 6.07) is 7.25. The molecule has 1 aromatic rings. The molecule has 1 aromatic carbocycles. The molecular weight excluding hydrogens is 475 g/mol. The zero-order chi connectivity index (χ0) is 16.2. The summed E-state index contributed by atoms with van der Waals surface area (Å²) in [5.41, 5.74) is 0.641. The van der Waals surface area contributed by atoms with E-state index in [1.165, 1.54) is 0 Å². The van der Waals surface area contributed by atoms with Crippen molar-refractivity contribution in [2.75, 3.05) is 39.9 Å². The van der Waals surface area contributed by atoms with E-state index >= 15 is 0 Å². The van der Waals surface area contributed by atoms with Crippen molar-refractivity contribution in [2.24, 2.45) is 4.99 Å². The molecule has 0 aliphatic carbocycles. The van der Waals surface area contributed by atoms with E-state index in [0.29, 0.717) is 44.4 Å². The van der Waals surface area contributed by atoms with Gasteiger partial charge in [0.25, 0.3) is 5.91 Å². The van der Waals surface area contributed by atoms with Gasteiger partial charge in [-0.25, -0.2) is 0 Å². The van der Waals surface area contributed by atoms with Gasteiger partial charge in [0.2, 0.25) is 0 Å². The van der Waals surface area contributed by atoms with Gasteiger partial charge in [-0.05, 0) is 31.2 Å². The van der Waals surface area contributed by atoms with E-state index in [1.54, 1.807) is 19.2 Å². The summed E-state index contributed by atoms with van der Waals surface area (Å²) in [4.78, 5) is 16.0. The van der Waals surface area contributed by atoms with Crippen LogP contribution in [0, 0.1) is 0 Å². The molecule has 1 amide bonds. The number of hydrogen-bond acceptors (Lipinski definition) is 3. The summed E-state index contributed by atoms with van der Waals surface area (Å²) in [6.45, 7) is 5.10. The Kier molecular flexibility index (Phi) is 13.0. The maximum atomic E-state index is 11.9. The van der Waals surface area contributed by atoms with Crippen LogP contribution in [0.5, 0.6) is 0 Å². The number of carbonyl (C=O) groups excluding carboxylic acids is 1. The Labute approximate surface area is 163 Å². The number of halogens is 2. The van der Waals surface area contributed by atoms with Gasteiger partial charge in [-0.3, -0.25) is 9.79 Å². The number of hydrogen-bond donors (Lipinski definition) is 3. The summed E-state index contributed by atoms with van der Waals surface area (Å²) < 4.78 is 6.19. The first-order chi connectivity index (χ1) is 10.7. The molecule has 0 atom stereocenters. The SMILES string of the molecule is CCOCCNC(=NC)NCCNC(=O)c1ccc(Br)cc1.I. The van der Waals surface area contributed by atoms with Crippen molar-refractivity contribution < 1.29 is 9.53 Å². The predicted octanol–water partition coefficient (Wildman–Crippen LogP) is 2.00. The fourth-order valence-corrected chi connectivity index (χ4v) is 1.93. The maximum Gasteiger partial charge on any atom is 0.251 e. The second-order valence-electron chi connectivity index (χ2n) is 4.39. The topological polar surface area (TPSA) is 74.8 Å². The van der Waals surface area contributed by atoms with Crippen LogP contribution in [0.1, 0.15) is 17.3 Å². The van der Waals surface area contributed by atoms with Crippen LogP contribution in [-0.2, 0) is 4.74 Å². The van der Waals surface area contributed by atoms with E-state index < -0.39 is 0 Å². The predicted molar refractivity (Wildman–Crippen MR) is 108 cm³/mol. The molecule has 130 valence electrons. The number of nitrogens with zero attached hydrogens (tertiary/aromatic N) is 1. The first-order valence-electron chi connectivity index (χ1n) is 7.23. The largest absolute Gasteiger partial charge is 0.380 e. The molecule has 0 aliphatic heterocycles. The van der Waals surface area contributed by atoms with Crippen LogP contribution in [0.3, 0.4) is 0 Å². The van der Waals surface area contributed by atoms with E-state index in [4.69, 9.17) is 4.74 Å². The number of ether oxygens (including phenoxy) is 1. The minimum Gasteiger partial charge on any atom is -0.380 e. The van der Waals surface area contributed by atoms with E-state index in [9.17, 15) is 4.79 Å². The number of rotatable bonds is 8. The number of nitrogens with one attached hydrogen (secondary N) is 3.